The average Bonchev–Trinajstić information content (AvgIpc) is 2.73. The second-order valence-electron chi connectivity index (χ2n) is 4.82. The number of nitrogens with zero attached hydrogens (tertiary/aromatic N) is 1. The van der Waals surface area contributed by atoms with Crippen LogP contribution >= 0.6 is 0 Å². The number of fused-ring (bicyclic) bond motifs is 1. The molecule has 0 saturated heterocycles. The highest BCUT2D eigenvalue weighted by Gasteiger charge is 2.15. The molecule has 0 aliphatic rings. The maximum Gasteiger partial charge on any atom is 0.152 e. The van der Waals surface area contributed by atoms with E-state index < -0.39 is 0 Å². The van der Waals surface area contributed by atoms with Crippen LogP contribution < -0.4 is 0 Å². The lowest BCUT2D eigenvalue weighted by Crippen LogP contribution is -1.93. The Labute approximate surface area is 112 Å². The molecule has 0 spiro atoms. The Hall–Kier alpha value is -2.35. The van der Waals surface area contributed by atoms with Crippen LogP contribution in [0, 0.1) is 6.92 Å². The van der Waals surface area contributed by atoms with E-state index in [-0.39, 0.29) is 0 Å². The highest BCUT2D eigenvalue weighted by Crippen LogP contribution is 2.31. The van der Waals surface area contributed by atoms with Crippen molar-refractivity contribution in [3.8, 4) is 11.3 Å². The number of carbonyl (C=O) groups excluding carboxylic acids is 1. The summed E-state index contributed by atoms with van der Waals surface area (Å²) in [6.07, 6.45) is 0.956. The second kappa shape index (κ2) is 4.39. The number of hydrogen-bond acceptors (Lipinski definition) is 1. The molecule has 0 atom stereocenters. The Morgan fingerprint density at radius 2 is 1.68 bits per heavy atom. The maximum atomic E-state index is 11.5. The molecule has 0 saturated carbocycles. The van der Waals surface area contributed by atoms with Gasteiger partial charge in [0.25, 0.3) is 0 Å². The molecule has 0 aliphatic carbocycles. The van der Waals surface area contributed by atoms with Gasteiger partial charge in [0, 0.05) is 23.5 Å². The lowest BCUT2D eigenvalue weighted by Gasteiger charge is -2.06. The second-order valence-corrected chi connectivity index (χ2v) is 4.82. The van der Waals surface area contributed by atoms with E-state index in [1.807, 2.05) is 31.3 Å². The van der Waals surface area contributed by atoms with E-state index in [0.29, 0.717) is 0 Å². The first-order valence-electron chi connectivity index (χ1n) is 6.32. The summed E-state index contributed by atoms with van der Waals surface area (Å²) in [4.78, 5) is 11.5. The molecular formula is C17H15NO. The molecule has 1 heterocycles. The maximum absolute atomic E-state index is 11.5. The van der Waals surface area contributed by atoms with Crippen LogP contribution in [0.5, 0.6) is 0 Å². The quantitative estimate of drug-likeness (QED) is 0.630. The van der Waals surface area contributed by atoms with Crippen molar-refractivity contribution in [1.82, 2.24) is 4.57 Å². The molecule has 2 heteroatoms. The molecule has 0 fully saturated rings. The predicted molar refractivity (Wildman–Crippen MR) is 78.5 cm³/mol. The Morgan fingerprint density at radius 1 is 1.00 bits per heavy atom. The highest BCUT2D eigenvalue weighted by atomic mass is 16.1. The van der Waals surface area contributed by atoms with Crippen LogP contribution in [0.4, 0.5) is 0 Å². The van der Waals surface area contributed by atoms with Crippen LogP contribution in [0.15, 0.2) is 48.5 Å². The van der Waals surface area contributed by atoms with Gasteiger partial charge >= 0.3 is 0 Å². The standard InChI is InChI=1S/C17H15NO/c1-12-7-9-13(10-8-12)17-15(11-19)14-5-3-4-6-16(14)18(17)2/h3-11H,1-2H3. The van der Waals surface area contributed by atoms with Gasteiger partial charge < -0.3 is 4.57 Å². The van der Waals surface area contributed by atoms with Crippen LogP contribution in [-0.4, -0.2) is 10.9 Å². The molecule has 0 aliphatic heterocycles. The number of benzene rings is 2. The van der Waals surface area contributed by atoms with Crippen LogP contribution in [0.1, 0.15) is 15.9 Å². The van der Waals surface area contributed by atoms with Gasteiger partial charge in [0.15, 0.2) is 6.29 Å². The molecule has 0 N–H and O–H groups in total. The summed E-state index contributed by atoms with van der Waals surface area (Å²) in [5, 5.41) is 1.01. The topological polar surface area (TPSA) is 22.0 Å². The van der Waals surface area contributed by atoms with Crippen molar-refractivity contribution in [2.75, 3.05) is 0 Å². The fourth-order valence-corrected chi connectivity index (χ4v) is 2.60. The predicted octanol–water partition coefficient (Wildman–Crippen LogP) is 3.97. The van der Waals surface area contributed by atoms with E-state index in [4.69, 9.17) is 0 Å². The smallest absolute Gasteiger partial charge is 0.152 e. The van der Waals surface area contributed by atoms with E-state index in [0.717, 1.165) is 34.0 Å². The zero-order chi connectivity index (χ0) is 13.4. The lowest BCUT2D eigenvalue weighted by molar-refractivity contribution is 0.112. The molecule has 94 valence electrons. The van der Waals surface area contributed by atoms with Gasteiger partial charge in [0.05, 0.1) is 5.69 Å². The number of para-hydroxylation sites is 1. The van der Waals surface area contributed by atoms with Crippen LogP contribution in [-0.2, 0) is 7.05 Å². The number of aryl methyl sites for hydroxylation is 2. The number of carbonyl (C=O) groups is 1. The van der Waals surface area contributed by atoms with Crippen molar-refractivity contribution in [1.29, 1.82) is 0 Å². The zero-order valence-electron chi connectivity index (χ0n) is 11.1. The third-order valence-corrected chi connectivity index (χ3v) is 3.59. The van der Waals surface area contributed by atoms with Crippen LogP contribution in [0.25, 0.3) is 22.2 Å². The minimum absolute atomic E-state index is 0.766. The van der Waals surface area contributed by atoms with Gasteiger partial charge in [0.2, 0.25) is 0 Å². The first-order valence-corrected chi connectivity index (χ1v) is 6.32. The summed E-state index contributed by atoms with van der Waals surface area (Å²) in [6, 6.07) is 16.3. The van der Waals surface area contributed by atoms with E-state index in [1.54, 1.807) is 0 Å². The SMILES string of the molecule is Cc1ccc(-c2c(C=O)c3ccccc3n2C)cc1. The summed E-state index contributed by atoms with van der Waals surface area (Å²) in [7, 11) is 2.00. The monoisotopic (exact) mass is 249 g/mol. The van der Waals surface area contributed by atoms with Crippen molar-refractivity contribution < 1.29 is 4.79 Å². The Kier molecular flexibility index (Phi) is 2.71. The largest absolute Gasteiger partial charge is 0.343 e. The number of aldehydes is 1. The van der Waals surface area contributed by atoms with Crippen molar-refractivity contribution in [2.45, 2.75) is 6.92 Å². The van der Waals surface area contributed by atoms with Crippen molar-refractivity contribution in [2.24, 2.45) is 7.05 Å². The minimum atomic E-state index is 0.766. The lowest BCUT2D eigenvalue weighted by atomic mass is 10.0. The van der Waals surface area contributed by atoms with Crippen LogP contribution in [0.2, 0.25) is 0 Å². The molecule has 3 aromatic rings. The molecule has 19 heavy (non-hydrogen) atoms. The van der Waals surface area contributed by atoms with Gasteiger partial charge in [-0.1, -0.05) is 48.0 Å². The van der Waals surface area contributed by atoms with Gasteiger partial charge in [-0.15, -0.1) is 0 Å². The summed E-state index contributed by atoms with van der Waals surface area (Å²) in [5.74, 6) is 0. The summed E-state index contributed by atoms with van der Waals surface area (Å²) in [6.45, 7) is 2.06. The third kappa shape index (κ3) is 1.76. The van der Waals surface area contributed by atoms with Gasteiger partial charge in [0.1, 0.15) is 0 Å². The number of hydrogen-bond donors (Lipinski definition) is 0. The van der Waals surface area contributed by atoms with Crippen molar-refractivity contribution in [3.05, 3.63) is 59.7 Å². The number of aromatic nitrogens is 1. The van der Waals surface area contributed by atoms with Gasteiger partial charge in [-0.25, -0.2) is 0 Å². The third-order valence-electron chi connectivity index (χ3n) is 3.59. The highest BCUT2D eigenvalue weighted by molar-refractivity contribution is 6.04. The summed E-state index contributed by atoms with van der Waals surface area (Å²) < 4.78 is 2.09. The van der Waals surface area contributed by atoms with Crippen LogP contribution in [0.3, 0.4) is 0 Å². The molecule has 2 aromatic carbocycles. The van der Waals surface area contributed by atoms with E-state index >= 15 is 0 Å². The number of rotatable bonds is 2. The van der Waals surface area contributed by atoms with E-state index in [2.05, 4.69) is 35.8 Å². The molecule has 1 aromatic heterocycles. The van der Waals surface area contributed by atoms with E-state index in [9.17, 15) is 4.79 Å². The summed E-state index contributed by atoms with van der Waals surface area (Å²) in [5.41, 5.74) is 5.12. The Bertz CT molecular complexity index is 751. The molecule has 0 unspecified atom stereocenters. The summed E-state index contributed by atoms with van der Waals surface area (Å²) >= 11 is 0. The van der Waals surface area contributed by atoms with Gasteiger partial charge in [-0.05, 0) is 18.6 Å². The first-order chi connectivity index (χ1) is 9.22. The normalized spacial score (nSPS) is 10.8. The fraction of sp³-hybridized carbons (Fsp3) is 0.118. The van der Waals surface area contributed by atoms with E-state index in [1.165, 1.54) is 5.56 Å². The molecular weight excluding hydrogens is 234 g/mol. The molecule has 3 rings (SSSR count). The molecule has 0 bridgehead atoms. The minimum Gasteiger partial charge on any atom is -0.343 e. The van der Waals surface area contributed by atoms with Crippen molar-refractivity contribution in [3.63, 3.8) is 0 Å². The van der Waals surface area contributed by atoms with Crippen molar-refractivity contribution >= 4 is 17.2 Å². The molecule has 0 amide bonds. The zero-order valence-corrected chi connectivity index (χ0v) is 11.1. The molecule has 0 radical (unpaired) electrons. The average molecular weight is 249 g/mol. The first kappa shape index (κ1) is 11.7. The Morgan fingerprint density at radius 3 is 2.37 bits per heavy atom. The molecule has 2 nitrogen and oxygen atoms in total. The fourth-order valence-electron chi connectivity index (χ4n) is 2.60. The Balaban J connectivity index is 2.37. The van der Waals surface area contributed by atoms with Gasteiger partial charge in [-0.2, -0.15) is 0 Å². The van der Waals surface area contributed by atoms with Gasteiger partial charge in [-0.3, -0.25) is 4.79 Å².